The van der Waals surface area contributed by atoms with Crippen molar-refractivity contribution in [3.8, 4) is 0 Å². The van der Waals surface area contributed by atoms with Crippen LogP contribution in [0.15, 0.2) is 0 Å². The molecule has 1 heterocycles. The van der Waals surface area contributed by atoms with Crippen LogP contribution in [0.3, 0.4) is 0 Å². The molecule has 0 radical (unpaired) electrons. The smallest absolute Gasteiger partial charge is 0.307 e. The van der Waals surface area contributed by atoms with Gasteiger partial charge in [0.2, 0.25) is 0 Å². The molecule has 1 aromatic heterocycles. The van der Waals surface area contributed by atoms with Gasteiger partial charge >= 0.3 is 5.97 Å². The molecule has 4 nitrogen and oxygen atoms in total. The Morgan fingerprint density at radius 1 is 1.29 bits per heavy atom. The molecule has 0 spiro atoms. The van der Waals surface area contributed by atoms with Crippen molar-refractivity contribution in [2.24, 2.45) is 0 Å². The molecule has 1 N–H and O–H groups in total. The molecule has 94 valence electrons. The number of rotatable bonds is 6. The highest BCUT2D eigenvalue weighted by atomic mass is 32.2. The van der Waals surface area contributed by atoms with E-state index in [1.54, 1.807) is 11.8 Å². The first-order valence-corrected chi connectivity index (χ1v) is 6.82. The van der Waals surface area contributed by atoms with Crippen LogP contribution in [-0.2, 0) is 17.0 Å². The Hall–Kier alpha value is -1.10. The molecule has 0 aromatic carbocycles. The maximum Gasteiger partial charge on any atom is 0.307 e. The van der Waals surface area contributed by atoms with Crippen LogP contribution in [0.4, 0.5) is 0 Å². The summed E-state index contributed by atoms with van der Waals surface area (Å²) in [6.45, 7) is 5.84. The Morgan fingerprint density at radius 3 is 2.35 bits per heavy atom. The minimum atomic E-state index is -0.840. The van der Waals surface area contributed by atoms with Crippen molar-refractivity contribution in [3.05, 3.63) is 22.8 Å². The lowest BCUT2D eigenvalue weighted by Gasteiger charge is -2.08. The zero-order valence-corrected chi connectivity index (χ0v) is 11.3. The lowest BCUT2D eigenvalue weighted by Crippen LogP contribution is -2.09. The van der Waals surface area contributed by atoms with E-state index in [1.807, 2.05) is 13.8 Å². The topological polar surface area (TPSA) is 63.1 Å². The molecule has 0 aliphatic rings. The average molecular weight is 254 g/mol. The van der Waals surface area contributed by atoms with Crippen molar-refractivity contribution in [2.75, 3.05) is 5.75 Å². The van der Waals surface area contributed by atoms with Gasteiger partial charge in [-0.15, -0.1) is 0 Å². The van der Waals surface area contributed by atoms with Gasteiger partial charge in [-0.25, -0.2) is 9.97 Å². The molecule has 0 saturated carbocycles. The van der Waals surface area contributed by atoms with Gasteiger partial charge < -0.3 is 5.11 Å². The predicted octanol–water partition coefficient (Wildman–Crippen LogP) is 2.36. The van der Waals surface area contributed by atoms with Crippen LogP contribution >= 0.6 is 11.8 Å². The van der Waals surface area contributed by atoms with Crippen LogP contribution in [0, 0.1) is 13.8 Å². The standard InChI is InChI=1S/C12H18N2O2S/c1-4-5-17-7-11-13-8(2)10(6-12(15)16)9(3)14-11/h4-7H2,1-3H3,(H,15,16). The zero-order valence-electron chi connectivity index (χ0n) is 10.5. The first kappa shape index (κ1) is 14.0. The first-order chi connectivity index (χ1) is 8.04. The third kappa shape index (κ3) is 4.34. The SMILES string of the molecule is CCCSCc1nc(C)c(CC(=O)O)c(C)n1. The molecule has 5 heteroatoms. The third-order valence-corrected chi connectivity index (χ3v) is 3.53. The van der Waals surface area contributed by atoms with Crippen molar-refractivity contribution in [2.45, 2.75) is 39.4 Å². The molecule has 0 atom stereocenters. The van der Waals surface area contributed by atoms with E-state index >= 15 is 0 Å². The number of hydrogen-bond acceptors (Lipinski definition) is 4. The second kappa shape index (κ2) is 6.59. The summed E-state index contributed by atoms with van der Waals surface area (Å²) in [6.07, 6.45) is 1.14. The van der Waals surface area contributed by atoms with Crippen LogP contribution in [0.25, 0.3) is 0 Å². The van der Waals surface area contributed by atoms with E-state index in [9.17, 15) is 4.79 Å². The lowest BCUT2D eigenvalue weighted by atomic mass is 10.1. The summed E-state index contributed by atoms with van der Waals surface area (Å²) >= 11 is 1.80. The molecule has 0 unspecified atom stereocenters. The summed E-state index contributed by atoms with van der Waals surface area (Å²) in [5.74, 6) is 1.85. The largest absolute Gasteiger partial charge is 0.481 e. The first-order valence-electron chi connectivity index (χ1n) is 5.67. The summed E-state index contributed by atoms with van der Waals surface area (Å²) in [5.41, 5.74) is 2.31. The summed E-state index contributed by atoms with van der Waals surface area (Å²) in [6, 6.07) is 0. The Balaban J connectivity index is 2.81. The van der Waals surface area contributed by atoms with Gasteiger partial charge in [0, 0.05) is 17.0 Å². The summed E-state index contributed by atoms with van der Waals surface area (Å²) in [5, 5.41) is 8.80. The van der Waals surface area contributed by atoms with E-state index in [4.69, 9.17) is 5.11 Å². The number of hydrogen-bond donors (Lipinski definition) is 1. The minimum absolute atomic E-state index is 0.0000491. The third-order valence-electron chi connectivity index (χ3n) is 2.37. The van der Waals surface area contributed by atoms with Crippen molar-refractivity contribution < 1.29 is 9.90 Å². The fourth-order valence-electron chi connectivity index (χ4n) is 1.59. The number of nitrogens with zero attached hydrogens (tertiary/aromatic N) is 2. The van der Waals surface area contributed by atoms with E-state index in [0.717, 1.165) is 40.7 Å². The number of aromatic nitrogens is 2. The van der Waals surface area contributed by atoms with Crippen LogP contribution in [0.5, 0.6) is 0 Å². The van der Waals surface area contributed by atoms with Gasteiger partial charge in [-0.3, -0.25) is 4.79 Å². The van der Waals surface area contributed by atoms with Crippen LogP contribution in [-0.4, -0.2) is 26.8 Å². The Labute approximate surface area is 106 Å². The Kier molecular flexibility index (Phi) is 5.41. The quantitative estimate of drug-likeness (QED) is 0.790. The number of aliphatic carboxylic acids is 1. The second-order valence-corrected chi connectivity index (χ2v) is 5.02. The highest BCUT2D eigenvalue weighted by molar-refractivity contribution is 7.98. The number of carboxylic acid groups (broad SMARTS) is 1. The molecule has 1 rings (SSSR count). The average Bonchev–Trinajstić information content (AvgIpc) is 2.24. The normalized spacial score (nSPS) is 10.5. The van der Waals surface area contributed by atoms with Gasteiger partial charge in [0.25, 0.3) is 0 Å². The van der Waals surface area contributed by atoms with Gasteiger partial charge in [-0.1, -0.05) is 6.92 Å². The summed E-state index contributed by atoms with van der Waals surface area (Å²) in [4.78, 5) is 19.4. The van der Waals surface area contributed by atoms with Crippen LogP contribution in [0.1, 0.15) is 36.1 Å². The van der Waals surface area contributed by atoms with Gasteiger partial charge in [-0.05, 0) is 26.0 Å². The maximum absolute atomic E-state index is 10.7. The molecule has 0 aliphatic carbocycles. The van der Waals surface area contributed by atoms with E-state index < -0.39 is 5.97 Å². The van der Waals surface area contributed by atoms with Crippen molar-refractivity contribution >= 4 is 17.7 Å². The van der Waals surface area contributed by atoms with Gasteiger partial charge in [0.15, 0.2) is 0 Å². The molecular formula is C12H18N2O2S. The fourth-order valence-corrected chi connectivity index (χ4v) is 2.33. The maximum atomic E-state index is 10.7. The van der Waals surface area contributed by atoms with Crippen molar-refractivity contribution in [3.63, 3.8) is 0 Å². The Bertz CT molecular complexity index is 384. The number of thioether (sulfide) groups is 1. The second-order valence-electron chi connectivity index (χ2n) is 3.91. The van der Waals surface area contributed by atoms with Crippen LogP contribution in [0.2, 0.25) is 0 Å². The van der Waals surface area contributed by atoms with E-state index in [1.165, 1.54) is 0 Å². The highest BCUT2D eigenvalue weighted by Gasteiger charge is 2.11. The monoisotopic (exact) mass is 254 g/mol. The van der Waals surface area contributed by atoms with E-state index in [-0.39, 0.29) is 6.42 Å². The minimum Gasteiger partial charge on any atom is -0.481 e. The summed E-state index contributed by atoms with van der Waals surface area (Å²) < 4.78 is 0. The summed E-state index contributed by atoms with van der Waals surface area (Å²) in [7, 11) is 0. The predicted molar refractivity (Wildman–Crippen MR) is 69.3 cm³/mol. The molecule has 0 amide bonds. The van der Waals surface area contributed by atoms with Crippen molar-refractivity contribution in [1.29, 1.82) is 0 Å². The molecule has 1 aromatic rings. The highest BCUT2D eigenvalue weighted by Crippen LogP contribution is 2.15. The lowest BCUT2D eigenvalue weighted by molar-refractivity contribution is -0.136. The molecule has 17 heavy (non-hydrogen) atoms. The molecule has 0 fully saturated rings. The molecule has 0 bridgehead atoms. The molecular weight excluding hydrogens is 236 g/mol. The fraction of sp³-hybridized carbons (Fsp3) is 0.583. The van der Waals surface area contributed by atoms with E-state index in [2.05, 4.69) is 16.9 Å². The molecule has 0 aliphatic heterocycles. The van der Waals surface area contributed by atoms with Gasteiger partial charge in [-0.2, -0.15) is 11.8 Å². The molecule has 0 saturated heterocycles. The Morgan fingerprint density at radius 2 is 1.88 bits per heavy atom. The number of carboxylic acids is 1. The van der Waals surface area contributed by atoms with Gasteiger partial charge in [0.05, 0.1) is 12.2 Å². The van der Waals surface area contributed by atoms with Gasteiger partial charge in [0.1, 0.15) is 5.82 Å². The number of carbonyl (C=O) groups is 1. The van der Waals surface area contributed by atoms with Crippen LogP contribution < -0.4 is 0 Å². The van der Waals surface area contributed by atoms with E-state index in [0.29, 0.717) is 0 Å². The zero-order chi connectivity index (χ0) is 12.8. The number of aryl methyl sites for hydroxylation is 2. The van der Waals surface area contributed by atoms with Crippen molar-refractivity contribution in [1.82, 2.24) is 9.97 Å².